The standard InChI is InChI=1S/C15H21N5/c1-9-6-10(2)14(16)8-13(9)15-17-18-19-20(15)11(3)7-12-4-5-12/h6,8,11-12H,4-5,7,16H2,1-3H3. The average molecular weight is 271 g/mol. The molecule has 2 aromatic rings. The highest BCUT2D eigenvalue weighted by molar-refractivity contribution is 5.67. The molecule has 1 fully saturated rings. The highest BCUT2D eigenvalue weighted by Crippen LogP contribution is 2.37. The van der Waals surface area contributed by atoms with Gasteiger partial charge in [0.1, 0.15) is 0 Å². The SMILES string of the molecule is Cc1cc(C)c(-c2nnnn2C(C)CC2CC2)cc1N. The summed E-state index contributed by atoms with van der Waals surface area (Å²) in [7, 11) is 0. The maximum absolute atomic E-state index is 6.03. The van der Waals surface area contributed by atoms with Crippen LogP contribution in [0.15, 0.2) is 12.1 Å². The van der Waals surface area contributed by atoms with Crippen LogP contribution in [0.1, 0.15) is 43.4 Å². The molecule has 1 heterocycles. The molecule has 0 saturated heterocycles. The van der Waals surface area contributed by atoms with Crippen molar-refractivity contribution in [1.29, 1.82) is 0 Å². The minimum Gasteiger partial charge on any atom is -0.398 e. The van der Waals surface area contributed by atoms with Gasteiger partial charge in [0.05, 0.1) is 6.04 Å². The number of nitrogen functional groups attached to an aromatic ring is 1. The van der Waals surface area contributed by atoms with Crippen LogP contribution in [0.2, 0.25) is 0 Å². The van der Waals surface area contributed by atoms with Crippen LogP contribution in [-0.4, -0.2) is 20.2 Å². The number of aromatic nitrogens is 4. The van der Waals surface area contributed by atoms with Gasteiger partial charge in [-0.25, -0.2) is 4.68 Å². The topological polar surface area (TPSA) is 69.6 Å². The van der Waals surface area contributed by atoms with Crippen LogP contribution in [0.3, 0.4) is 0 Å². The molecule has 1 aromatic carbocycles. The van der Waals surface area contributed by atoms with E-state index in [0.29, 0.717) is 6.04 Å². The number of rotatable bonds is 4. The van der Waals surface area contributed by atoms with Crippen LogP contribution < -0.4 is 5.73 Å². The highest BCUT2D eigenvalue weighted by Gasteiger charge is 2.26. The Labute approximate surface area is 119 Å². The Balaban J connectivity index is 1.98. The summed E-state index contributed by atoms with van der Waals surface area (Å²) in [6, 6.07) is 4.40. The fourth-order valence-electron chi connectivity index (χ4n) is 2.71. The molecule has 5 nitrogen and oxygen atoms in total. The molecule has 1 aliphatic rings. The molecule has 1 aromatic heterocycles. The second-order valence-electron chi connectivity index (χ2n) is 6.00. The van der Waals surface area contributed by atoms with Crippen molar-refractivity contribution in [3.05, 3.63) is 23.3 Å². The first-order valence-corrected chi connectivity index (χ1v) is 7.21. The Bertz CT molecular complexity index is 627. The zero-order valence-electron chi connectivity index (χ0n) is 12.3. The summed E-state index contributed by atoms with van der Waals surface area (Å²) < 4.78 is 1.94. The normalized spacial score (nSPS) is 16.4. The maximum Gasteiger partial charge on any atom is 0.182 e. The predicted octanol–water partition coefficient (Wildman–Crippen LogP) is 2.90. The lowest BCUT2D eigenvalue weighted by Gasteiger charge is -2.15. The van der Waals surface area contributed by atoms with Crippen LogP contribution in [-0.2, 0) is 0 Å². The number of nitrogens with two attached hydrogens (primary N) is 1. The molecule has 1 saturated carbocycles. The number of aryl methyl sites for hydroxylation is 2. The van der Waals surface area contributed by atoms with E-state index in [0.717, 1.165) is 40.5 Å². The summed E-state index contributed by atoms with van der Waals surface area (Å²) >= 11 is 0. The first kappa shape index (κ1) is 13.1. The van der Waals surface area contributed by atoms with Gasteiger partial charge in [0.15, 0.2) is 5.82 Å². The summed E-state index contributed by atoms with van der Waals surface area (Å²) in [5.41, 5.74) is 10.1. The van der Waals surface area contributed by atoms with Gasteiger partial charge < -0.3 is 5.73 Å². The van der Waals surface area contributed by atoms with E-state index in [2.05, 4.69) is 35.4 Å². The molecule has 0 radical (unpaired) electrons. The van der Waals surface area contributed by atoms with E-state index in [-0.39, 0.29) is 0 Å². The quantitative estimate of drug-likeness (QED) is 0.868. The predicted molar refractivity (Wildman–Crippen MR) is 79.2 cm³/mol. The molecule has 1 unspecified atom stereocenters. The summed E-state index contributed by atoms with van der Waals surface area (Å²) in [6.45, 7) is 6.28. The molecule has 5 heteroatoms. The number of anilines is 1. The zero-order chi connectivity index (χ0) is 14.3. The van der Waals surface area contributed by atoms with Gasteiger partial charge in [-0.3, -0.25) is 0 Å². The molecule has 106 valence electrons. The summed E-state index contributed by atoms with van der Waals surface area (Å²) in [5.74, 6) is 1.67. The van der Waals surface area contributed by atoms with Gasteiger partial charge in [-0.2, -0.15) is 0 Å². The second-order valence-corrected chi connectivity index (χ2v) is 6.00. The van der Waals surface area contributed by atoms with Crippen molar-refractivity contribution < 1.29 is 0 Å². The fraction of sp³-hybridized carbons (Fsp3) is 0.533. The Hall–Kier alpha value is -1.91. The lowest BCUT2D eigenvalue weighted by Crippen LogP contribution is -2.10. The van der Waals surface area contributed by atoms with Gasteiger partial charge in [0.2, 0.25) is 0 Å². The number of nitrogens with zero attached hydrogens (tertiary/aromatic N) is 4. The molecule has 20 heavy (non-hydrogen) atoms. The van der Waals surface area contributed by atoms with Crippen LogP contribution in [0, 0.1) is 19.8 Å². The Kier molecular flexibility index (Phi) is 3.20. The molecular formula is C15H21N5. The molecule has 2 N–H and O–H groups in total. The highest BCUT2D eigenvalue weighted by atomic mass is 15.5. The van der Waals surface area contributed by atoms with Gasteiger partial charge in [-0.15, -0.1) is 5.10 Å². The molecular weight excluding hydrogens is 250 g/mol. The number of tetrazole rings is 1. The van der Waals surface area contributed by atoms with Crippen LogP contribution in [0.5, 0.6) is 0 Å². The largest absolute Gasteiger partial charge is 0.398 e. The summed E-state index contributed by atoms with van der Waals surface area (Å²) in [5, 5.41) is 12.3. The van der Waals surface area contributed by atoms with Crippen LogP contribution >= 0.6 is 0 Å². The van der Waals surface area contributed by atoms with Gasteiger partial charge in [0.25, 0.3) is 0 Å². The van der Waals surface area contributed by atoms with Gasteiger partial charge in [-0.05, 0) is 60.7 Å². The Morgan fingerprint density at radius 1 is 1.30 bits per heavy atom. The van der Waals surface area contributed by atoms with Crippen molar-refractivity contribution in [2.45, 2.75) is 46.1 Å². The molecule has 0 bridgehead atoms. The van der Waals surface area contributed by atoms with Crippen molar-refractivity contribution in [2.75, 3.05) is 5.73 Å². The smallest absolute Gasteiger partial charge is 0.182 e. The number of hydrogen-bond acceptors (Lipinski definition) is 4. The van der Waals surface area contributed by atoms with E-state index in [1.807, 2.05) is 17.7 Å². The summed E-state index contributed by atoms with van der Waals surface area (Å²) in [6.07, 6.45) is 3.84. The lowest BCUT2D eigenvalue weighted by molar-refractivity contribution is 0.430. The van der Waals surface area contributed by atoms with Gasteiger partial charge >= 0.3 is 0 Å². The van der Waals surface area contributed by atoms with Crippen molar-refractivity contribution in [3.63, 3.8) is 0 Å². The first-order chi connectivity index (χ1) is 9.56. The molecule has 1 atom stereocenters. The molecule has 0 amide bonds. The fourth-order valence-corrected chi connectivity index (χ4v) is 2.71. The number of benzene rings is 1. The average Bonchev–Trinajstić information content (AvgIpc) is 3.07. The van der Waals surface area contributed by atoms with E-state index < -0.39 is 0 Å². The monoisotopic (exact) mass is 271 g/mol. The van der Waals surface area contributed by atoms with Crippen LogP contribution in [0.4, 0.5) is 5.69 Å². The van der Waals surface area contributed by atoms with Crippen molar-refractivity contribution in [3.8, 4) is 11.4 Å². The number of hydrogen-bond donors (Lipinski definition) is 1. The lowest BCUT2D eigenvalue weighted by atomic mass is 10.0. The zero-order valence-corrected chi connectivity index (χ0v) is 12.3. The van der Waals surface area contributed by atoms with E-state index >= 15 is 0 Å². The Morgan fingerprint density at radius 2 is 2.05 bits per heavy atom. The minimum atomic E-state index is 0.328. The first-order valence-electron chi connectivity index (χ1n) is 7.21. The van der Waals surface area contributed by atoms with Crippen molar-refractivity contribution in [1.82, 2.24) is 20.2 Å². The third-order valence-electron chi connectivity index (χ3n) is 4.14. The van der Waals surface area contributed by atoms with E-state index in [4.69, 9.17) is 5.73 Å². The van der Waals surface area contributed by atoms with E-state index in [1.54, 1.807) is 0 Å². The molecule has 3 rings (SSSR count). The van der Waals surface area contributed by atoms with E-state index in [1.165, 1.54) is 12.8 Å². The molecule has 0 aliphatic heterocycles. The Morgan fingerprint density at radius 3 is 2.75 bits per heavy atom. The van der Waals surface area contributed by atoms with Crippen molar-refractivity contribution in [2.24, 2.45) is 5.92 Å². The minimum absolute atomic E-state index is 0.328. The summed E-state index contributed by atoms with van der Waals surface area (Å²) in [4.78, 5) is 0. The second kappa shape index (κ2) is 4.89. The van der Waals surface area contributed by atoms with E-state index in [9.17, 15) is 0 Å². The van der Waals surface area contributed by atoms with Gasteiger partial charge in [0, 0.05) is 11.3 Å². The third kappa shape index (κ3) is 2.40. The van der Waals surface area contributed by atoms with Crippen LogP contribution in [0.25, 0.3) is 11.4 Å². The molecule has 0 spiro atoms. The third-order valence-corrected chi connectivity index (χ3v) is 4.14. The van der Waals surface area contributed by atoms with Crippen molar-refractivity contribution >= 4 is 5.69 Å². The van der Waals surface area contributed by atoms with Gasteiger partial charge in [-0.1, -0.05) is 18.9 Å². The molecule has 1 aliphatic carbocycles. The maximum atomic E-state index is 6.03.